The van der Waals surface area contributed by atoms with Crippen LogP contribution < -0.4 is 5.73 Å². The number of nitrogens with zero attached hydrogens (tertiary/aromatic N) is 2. The van der Waals surface area contributed by atoms with Crippen LogP contribution in [0.1, 0.15) is 23.6 Å². The molecule has 1 aliphatic heterocycles. The molecule has 0 amide bonds. The largest absolute Gasteiger partial charge is 0.375 e. The minimum Gasteiger partial charge on any atom is -0.375 e. The summed E-state index contributed by atoms with van der Waals surface area (Å²) < 4.78 is 0. The molecule has 3 rings (SSSR count). The minimum absolute atomic E-state index is 0.0362. The van der Waals surface area contributed by atoms with Gasteiger partial charge < -0.3 is 5.73 Å². The summed E-state index contributed by atoms with van der Waals surface area (Å²) in [6.45, 7) is 0. The lowest BCUT2D eigenvalue weighted by molar-refractivity contribution is 0.372. The Balaban J connectivity index is 1.90. The van der Waals surface area contributed by atoms with Gasteiger partial charge in [-0.25, -0.2) is 5.01 Å². The van der Waals surface area contributed by atoms with Gasteiger partial charge in [0.05, 0.1) is 11.8 Å². The molecule has 0 spiro atoms. The molecule has 2 aromatic rings. The quantitative estimate of drug-likeness (QED) is 0.647. The summed E-state index contributed by atoms with van der Waals surface area (Å²) in [5, 5.41) is 7.35. The highest BCUT2D eigenvalue weighted by atomic mass is 35.5. The number of hydrogen-bond donors (Lipinski definition) is 1. The van der Waals surface area contributed by atoms with E-state index in [1.54, 1.807) is 16.8 Å². The summed E-state index contributed by atoms with van der Waals surface area (Å²) in [5.74, 6) is 0. The molecular formula is C17H16ClN3S2. The Morgan fingerprint density at radius 1 is 1.22 bits per heavy atom. The fourth-order valence-electron chi connectivity index (χ4n) is 2.62. The van der Waals surface area contributed by atoms with E-state index in [4.69, 9.17) is 29.6 Å². The molecule has 1 heterocycles. The van der Waals surface area contributed by atoms with Crippen LogP contribution in [0.3, 0.4) is 0 Å². The third-order valence-electron chi connectivity index (χ3n) is 3.81. The number of halogens is 1. The van der Waals surface area contributed by atoms with Crippen molar-refractivity contribution in [2.24, 2.45) is 10.8 Å². The first-order valence-corrected chi connectivity index (χ1v) is 9.15. The van der Waals surface area contributed by atoms with Crippen LogP contribution in [0.4, 0.5) is 0 Å². The van der Waals surface area contributed by atoms with E-state index in [0.29, 0.717) is 5.02 Å². The van der Waals surface area contributed by atoms with Gasteiger partial charge in [-0.05, 0) is 53.9 Å². The van der Waals surface area contributed by atoms with Crippen molar-refractivity contribution in [2.45, 2.75) is 17.4 Å². The molecule has 6 heteroatoms. The third-order valence-corrected chi connectivity index (χ3v) is 5.00. The van der Waals surface area contributed by atoms with Crippen LogP contribution in [0.2, 0.25) is 5.02 Å². The number of hydrazone groups is 1. The highest BCUT2D eigenvalue weighted by Gasteiger charge is 2.30. The van der Waals surface area contributed by atoms with E-state index in [9.17, 15) is 0 Å². The van der Waals surface area contributed by atoms with Crippen LogP contribution in [0.25, 0.3) is 0 Å². The first kappa shape index (κ1) is 16.3. The molecular weight excluding hydrogens is 346 g/mol. The molecule has 118 valence electrons. The Labute approximate surface area is 150 Å². The van der Waals surface area contributed by atoms with E-state index in [1.807, 2.05) is 24.3 Å². The SMILES string of the molecule is CSc1ccc(C2CC(c3ccc(Cl)cc3)=NN2C(N)=S)cc1. The van der Waals surface area contributed by atoms with Gasteiger partial charge in [-0.15, -0.1) is 11.8 Å². The summed E-state index contributed by atoms with van der Waals surface area (Å²) in [6, 6.07) is 16.2. The Hall–Kier alpha value is -1.56. The molecule has 0 saturated carbocycles. The molecule has 0 fully saturated rings. The van der Waals surface area contributed by atoms with Crippen molar-refractivity contribution >= 4 is 46.4 Å². The second-order valence-corrected chi connectivity index (χ2v) is 6.96. The van der Waals surface area contributed by atoms with Crippen molar-refractivity contribution in [1.82, 2.24) is 5.01 Å². The van der Waals surface area contributed by atoms with Crippen LogP contribution in [-0.4, -0.2) is 22.1 Å². The van der Waals surface area contributed by atoms with Crippen molar-refractivity contribution in [3.63, 3.8) is 0 Å². The van der Waals surface area contributed by atoms with Gasteiger partial charge in [0.1, 0.15) is 0 Å². The lowest BCUT2D eigenvalue weighted by Crippen LogP contribution is -2.31. The maximum absolute atomic E-state index is 5.96. The van der Waals surface area contributed by atoms with Gasteiger partial charge in [0, 0.05) is 16.3 Å². The van der Waals surface area contributed by atoms with Gasteiger partial charge in [-0.2, -0.15) is 5.10 Å². The smallest absolute Gasteiger partial charge is 0.187 e. The highest BCUT2D eigenvalue weighted by molar-refractivity contribution is 7.98. The fraction of sp³-hybridized carbons (Fsp3) is 0.176. The van der Waals surface area contributed by atoms with Crippen LogP contribution in [0, 0.1) is 0 Å². The van der Waals surface area contributed by atoms with Crippen molar-refractivity contribution in [3.05, 3.63) is 64.7 Å². The predicted octanol–water partition coefficient (Wildman–Crippen LogP) is 4.46. The molecule has 3 nitrogen and oxygen atoms in total. The van der Waals surface area contributed by atoms with E-state index in [-0.39, 0.29) is 11.2 Å². The van der Waals surface area contributed by atoms with Gasteiger partial charge in [0.15, 0.2) is 5.11 Å². The van der Waals surface area contributed by atoms with Crippen LogP contribution in [0.5, 0.6) is 0 Å². The van der Waals surface area contributed by atoms with Crippen LogP contribution >= 0.6 is 35.6 Å². The molecule has 0 aromatic heterocycles. The standard InChI is InChI=1S/C17H16ClN3S2/c1-23-14-8-4-12(5-9-14)16-10-15(20-21(16)17(19)22)11-2-6-13(18)7-3-11/h2-9,16H,10H2,1H3,(H2,19,22). The van der Waals surface area contributed by atoms with Crippen LogP contribution in [-0.2, 0) is 0 Å². The molecule has 0 aliphatic carbocycles. The van der Waals surface area contributed by atoms with Gasteiger partial charge in [0.2, 0.25) is 0 Å². The molecule has 0 radical (unpaired) electrons. The molecule has 1 aliphatic rings. The van der Waals surface area contributed by atoms with Crippen molar-refractivity contribution in [3.8, 4) is 0 Å². The van der Waals surface area contributed by atoms with Crippen LogP contribution in [0.15, 0.2) is 58.5 Å². The number of thioether (sulfide) groups is 1. The van der Waals surface area contributed by atoms with Crippen molar-refractivity contribution in [1.29, 1.82) is 0 Å². The monoisotopic (exact) mass is 361 g/mol. The van der Waals surface area contributed by atoms with Gasteiger partial charge in [0.25, 0.3) is 0 Å². The van der Waals surface area contributed by atoms with Crippen molar-refractivity contribution in [2.75, 3.05) is 6.26 Å². The average Bonchev–Trinajstić information content (AvgIpc) is 3.01. The van der Waals surface area contributed by atoms with E-state index < -0.39 is 0 Å². The first-order valence-electron chi connectivity index (χ1n) is 7.14. The molecule has 2 aromatic carbocycles. The van der Waals surface area contributed by atoms with E-state index in [1.165, 1.54) is 4.90 Å². The molecule has 1 unspecified atom stereocenters. The highest BCUT2D eigenvalue weighted by Crippen LogP contribution is 2.33. The summed E-state index contributed by atoms with van der Waals surface area (Å²) >= 11 is 12.9. The summed E-state index contributed by atoms with van der Waals surface area (Å²) in [7, 11) is 0. The third kappa shape index (κ3) is 3.52. The Morgan fingerprint density at radius 3 is 2.43 bits per heavy atom. The van der Waals surface area contributed by atoms with E-state index >= 15 is 0 Å². The molecule has 0 bridgehead atoms. The number of hydrogen-bond acceptors (Lipinski definition) is 3. The van der Waals surface area contributed by atoms with Gasteiger partial charge >= 0.3 is 0 Å². The van der Waals surface area contributed by atoms with Gasteiger partial charge in [-0.3, -0.25) is 0 Å². The number of benzene rings is 2. The second kappa shape index (κ2) is 6.91. The average molecular weight is 362 g/mol. The first-order chi connectivity index (χ1) is 11.1. The lowest BCUT2D eigenvalue weighted by Gasteiger charge is -2.22. The zero-order valence-corrected chi connectivity index (χ0v) is 15.0. The molecule has 23 heavy (non-hydrogen) atoms. The minimum atomic E-state index is 0.0362. The predicted molar refractivity (Wildman–Crippen MR) is 102 cm³/mol. The summed E-state index contributed by atoms with van der Waals surface area (Å²) in [5.41, 5.74) is 9.03. The normalized spacial score (nSPS) is 17.2. The Bertz CT molecular complexity index is 741. The Kier molecular flexibility index (Phi) is 4.90. The number of rotatable bonds is 3. The summed E-state index contributed by atoms with van der Waals surface area (Å²) in [4.78, 5) is 1.23. The topological polar surface area (TPSA) is 41.6 Å². The second-order valence-electron chi connectivity index (χ2n) is 5.23. The summed E-state index contributed by atoms with van der Waals surface area (Å²) in [6.07, 6.45) is 2.82. The zero-order valence-electron chi connectivity index (χ0n) is 12.6. The zero-order chi connectivity index (χ0) is 16.4. The maximum Gasteiger partial charge on any atom is 0.187 e. The molecule has 0 saturated heterocycles. The van der Waals surface area contributed by atoms with E-state index in [2.05, 4.69) is 35.6 Å². The lowest BCUT2D eigenvalue weighted by atomic mass is 9.99. The van der Waals surface area contributed by atoms with Gasteiger partial charge in [-0.1, -0.05) is 35.9 Å². The Morgan fingerprint density at radius 2 is 1.87 bits per heavy atom. The maximum atomic E-state index is 5.96. The van der Waals surface area contributed by atoms with E-state index in [0.717, 1.165) is 23.3 Å². The number of nitrogens with two attached hydrogens (primary N) is 1. The number of thiocarbonyl (C=S) groups is 1. The molecule has 2 N–H and O–H groups in total. The van der Waals surface area contributed by atoms with Crippen molar-refractivity contribution < 1.29 is 0 Å². The molecule has 1 atom stereocenters. The fourth-order valence-corrected chi connectivity index (χ4v) is 3.32.